The zero-order valence-corrected chi connectivity index (χ0v) is 49.0. The Hall–Kier alpha value is -9.13. The van der Waals surface area contributed by atoms with Gasteiger partial charge in [0.1, 0.15) is 41.1 Å². The maximum absolute atomic E-state index is 11.0. The highest BCUT2D eigenvalue weighted by Gasteiger charge is 2.26. The lowest BCUT2D eigenvalue weighted by Gasteiger charge is -2.27. The number of phenolic OH excluding ortho intramolecular Hbond substituents is 5. The average Bonchev–Trinajstić information content (AvgIpc) is 3.39. The van der Waals surface area contributed by atoms with E-state index in [2.05, 4.69) is 70.3 Å². The fourth-order valence-electron chi connectivity index (χ4n) is 9.64. The van der Waals surface area contributed by atoms with Crippen LogP contribution < -0.4 is 4.74 Å². The van der Waals surface area contributed by atoms with Crippen molar-refractivity contribution in [2.75, 3.05) is 0 Å². The molecule has 5 N–H and O–H groups in total. The van der Waals surface area contributed by atoms with Crippen LogP contribution in [0.5, 0.6) is 34.5 Å². The Morgan fingerprint density at radius 2 is 0.795 bits per heavy atom. The highest BCUT2D eigenvalue weighted by molar-refractivity contribution is 6.17. The lowest BCUT2D eigenvalue weighted by Crippen LogP contribution is -2.16. The van der Waals surface area contributed by atoms with Crippen LogP contribution in [-0.4, -0.2) is 55.4 Å². The highest BCUT2D eigenvalue weighted by Crippen LogP contribution is 2.41. The summed E-state index contributed by atoms with van der Waals surface area (Å²) in [6.45, 7) is 22.9. The van der Waals surface area contributed by atoms with Gasteiger partial charge in [-0.1, -0.05) is 176 Å². The number of aromatic hydroxyl groups is 5. The number of rotatable bonds is 10. The van der Waals surface area contributed by atoms with Gasteiger partial charge in [0.05, 0.1) is 11.1 Å². The Morgan fingerprint density at radius 1 is 0.410 bits per heavy atom. The van der Waals surface area contributed by atoms with E-state index < -0.39 is 0 Å². The number of phenols is 5. The van der Waals surface area contributed by atoms with Gasteiger partial charge in [0.25, 0.3) is 0 Å². The molecule has 10 rings (SSSR count). The normalized spacial score (nSPS) is 11.1. The maximum atomic E-state index is 11.0. The number of aromatic nitrogens is 6. The molecule has 0 aliphatic carbocycles. The molecule has 0 bridgehead atoms. The van der Waals surface area contributed by atoms with Crippen molar-refractivity contribution in [1.29, 1.82) is 0 Å². The second-order valence-corrected chi connectivity index (χ2v) is 22.4. The Bertz CT molecular complexity index is 3720. The summed E-state index contributed by atoms with van der Waals surface area (Å²) in [7, 11) is 0. The van der Waals surface area contributed by atoms with Crippen molar-refractivity contribution in [1.82, 2.24) is 29.9 Å². The molecule has 0 aliphatic rings. The first-order chi connectivity index (χ1) is 39.0. The van der Waals surface area contributed by atoms with Gasteiger partial charge >= 0.3 is 0 Å². The van der Waals surface area contributed by atoms with E-state index in [1.807, 2.05) is 148 Å². The second kappa shape index (κ2) is 26.2. The van der Waals surface area contributed by atoms with Crippen molar-refractivity contribution >= 4 is 11.6 Å². The van der Waals surface area contributed by atoms with Gasteiger partial charge in [0, 0.05) is 45.8 Å². The van der Waals surface area contributed by atoms with Gasteiger partial charge in [-0.15, -0.1) is 11.6 Å². The van der Waals surface area contributed by atoms with Crippen molar-refractivity contribution in [2.45, 2.75) is 107 Å². The van der Waals surface area contributed by atoms with Crippen molar-refractivity contribution in [2.24, 2.45) is 0 Å². The molecule has 2 aromatic heterocycles. The average molecular weight is 1130 g/mol. The molecular weight excluding hydrogens is 1060 g/mol. The van der Waals surface area contributed by atoms with Gasteiger partial charge < -0.3 is 30.3 Å². The SMILES string of the molecule is C.Cc1c(C)c(C(C)(C)C)c(O)c(C)c1CCl.Cc1cc(C(C)(C)C)c(O)c(C)c1COc1ccc(-c2nc(-c3ccccc3)nc(-c3ccccc3)n2)c(O)c1.Oc1ccc(-c2nc(-c3ccccc3)nc(-c3ccccc3)n2)c(O)c1. The molecule has 0 radical (unpaired) electrons. The van der Waals surface area contributed by atoms with Gasteiger partial charge in [-0.05, 0) is 114 Å². The van der Waals surface area contributed by atoms with E-state index in [0.717, 1.165) is 66.8 Å². The minimum absolute atomic E-state index is 0. The van der Waals surface area contributed by atoms with Crippen molar-refractivity contribution in [3.63, 3.8) is 0 Å². The molecule has 0 spiro atoms. The Balaban J connectivity index is 0.000000197. The molecule has 12 nitrogen and oxygen atoms in total. The van der Waals surface area contributed by atoms with E-state index in [0.29, 0.717) is 69.2 Å². The number of alkyl halides is 1. The summed E-state index contributed by atoms with van der Waals surface area (Å²) in [6.07, 6.45) is 0. The summed E-state index contributed by atoms with van der Waals surface area (Å²) in [6, 6.07) is 50.1. The first-order valence-corrected chi connectivity index (χ1v) is 27.5. The Morgan fingerprint density at radius 3 is 1.17 bits per heavy atom. The minimum atomic E-state index is -0.170. The molecular formula is C70H73ClN6O6. The quantitative estimate of drug-likeness (QED) is 0.0817. The lowest BCUT2D eigenvalue weighted by atomic mass is 9.79. The molecule has 8 aromatic carbocycles. The van der Waals surface area contributed by atoms with Crippen LogP contribution in [-0.2, 0) is 23.3 Å². The van der Waals surface area contributed by atoms with Crippen LogP contribution in [0.2, 0.25) is 0 Å². The third kappa shape index (κ3) is 14.3. The lowest BCUT2D eigenvalue weighted by molar-refractivity contribution is 0.301. The number of benzene rings is 8. The monoisotopic (exact) mass is 1130 g/mol. The van der Waals surface area contributed by atoms with E-state index in [-0.39, 0.29) is 42.1 Å². The Labute approximate surface area is 493 Å². The fraction of sp³-hybridized carbons (Fsp3) is 0.229. The number of halogens is 1. The fourth-order valence-corrected chi connectivity index (χ4v) is 10.0. The van der Waals surface area contributed by atoms with E-state index in [1.54, 1.807) is 24.3 Å². The van der Waals surface area contributed by atoms with Crippen molar-refractivity contribution in [3.8, 4) is 103 Å². The van der Waals surface area contributed by atoms with Crippen molar-refractivity contribution < 1.29 is 30.3 Å². The van der Waals surface area contributed by atoms with Gasteiger partial charge in [-0.3, -0.25) is 0 Å². The van der Waals surface area contributed by atoms with Crippen LogP contribution in [0, 0.1) is 34.6 Å². The summed E-state index contributed by atoms with van der Waals surface area (Å²) in [5.74, 6) is 4.34. The number of hydrogen-bond acceptors (Lipinski definition) is 12. The highest BCUT2D eigenvalue weighted by atomic mass is 35.5. The maximum Gasteiger partial charge on any atom is 0.167 e. The van der Waals surface area contributed by atoms with Gasteiger partial charge in [0.2, 0.25) is 0 Å². The van der Waals surface area contributed by atoms with E-state index in [4.69, 9.17) is 31.3 Å². The van der Waals surface area contributed by atoms with Crippen LogP contribution >= 0.6 is 11.6 Å². The first-order valence-electron chi connectivity index (χ1n) is 27.0. The third-order valence-corrected chi connectivity index (χ3v) is 14.5. The van der Waals surface area contributed by atoms with Gasteiger partial charge in [-0.2, -0.15) is 0 Å². The summed E-state index contributed by atoms with van der Waals surface area (Å²) >= 11 is 5.94. The molecule has 10 aromatic rings. The van der Waals surface area contributed by atoms with Crippen LogP contribution in [0.15, 0.2) is 164 Å². The molecule has 0 unspecified atom stereocenters. The standard InChI is InChI=1S/C34H33N3O3.C21H15N3O2.C14H21ClO.CH4/c1-21-18-28(34(3,4)5)30(39)22(2)27(21)20-40-25-16-17-26(29(38)19-25)33-36-31(23-12-8-6-9-13-23)35-32(37-33)24-14-10-7-11-15-24;25-16-11-12-17(18(26)13-16)21-23-19(14-7-3-1-4-8-14)22-20(24-21)15-9-5-2-6-10-15;1-8-9(2)12(14(4,5)6)13(16)10(3)11(8)7-15;/h6-19,38-39H,20H2,1-5H3;1-13,25-26H;16H,7H2,1-6H3;1H4. The molecule has 13 heteroatoms. The molecule has 426 valence electrons. The largest absolute Gasteiger partial charge is 0.508 e. The third-order valence-electron chi connectivity index (χ3n) is 14.2. The van der Waals surface area contributed by atoms with Crippen LogP contribution in [0.25, 0.3) is 68.3 Å². The predicted molar refractivity (Wildman–Crippen MR) is 335 cm³/mol. The van der Waals surface area contributed by atoms with Gasteiger partial charge in [0.15, 0.2) is 34.9 Å². The van der Waals surface area contributed by atoms with Crippen LogP contribution in [0.1, 0.15) is 99.0 Å². The smallest absolute Gasteiger partial charge is 0.167 e. The predicted octanol–water partition coefficient (Wildman–Crippen LogP) is 17.1. The summed E-state index contributed by atoms with van der Waals surface area (Å²) in [5.41, 5.74) is 13.2. The number of aryl methyl sites for hydroxylation is 1. The second-order valence-electron chi connectivity index (χ2n) is 22.1. The summed E-state index contributed by atoms with van der Waals surface area (Å²) < 4.78 is 6.07. The number of nitrogens with zero attached hydrogens (tertiary/aromatic N) is 6. The number of hydrogen-bond donors (Lipinski definition) is 5. The molecule has 83 heavy (non-hydrogen) atoms. The molecule has 0 atom stereocenters. The van der Waals surface area contributed by atoms with E-state index in [1.165, 1.54) is 17.7 Å². The van der Waals surface area contributed by atoms with E-state index in [9.17, 15) is 25.5 Å². The van der Waals surface area contributed by atoms with Crippen molar-refractivity contribution in [3.05, 3.63) is 214 Å². The molecule has 0 aliphatic heterocycles. The van der Waals surface area contributed by atoms with Crippen LogP contribution in [0.3, 0.4) is 0 Å². The first kappa shape index (κ1) is 61.5. The minimum Gasteiger partial charge on any atom is -0.508 e. The zero-order valence-electron chi connectivity index (χ0n) is 48.2. The molecule has 0 amide bonds. The summed E-state index contributed by atoms with van der Waals surface area (Å²) in [4.78, 5) is 27.7. The molecule has 2 heterocycles. The molecule has 0 saturated carbocycles. The summed E-state index contributed by atoms with van der Waals surface area (Å²) in [5, 5.41) is 51.9. The van der Waals surface area contributed by atoms with E-state index >= 15 is 0 Å². The zero-order chi connectivity index (χ0) is 59.0. The van der Waals surface area contributed by atoms with Gasteiger partial charge in [-0.25, -0.2) is 29.9 Å². The Kier molecular flexibility index (Phi) is 19.4. The molecule has 0 fully saturated rings. The van der Waals surface area contributed by atoms with Crippen LogP contribution in [0.4, 0.5) is 0 Å². The molecule has 0 saturated heterocycles. The number of ether oxygens (including phenoxy) is 1. The topological polar surface area (TPSA) is 188 Å².